The molecular weight excluding hydrogens is 258 g/mol. The summed E-state index contributed by atoms with van der Waals surface area (Å²) in [4.78, 5) is 0. The van der Waals surface area contributed by atoms with Crippen LogP contribution in [-0.2, 0) is 12.5 Å². The highest BCUT2D eigenvalue weighted by Gasteiger charge is 2.28. The first-order valence-corrected chi connectivity index (χ1v) is 6.83. The van der Waals surface area contributed by atoms with Gasteiger partial charge in [-0.3, -0.25) is 4.68 Å². The zero-order valence-corrected chi connectivity index (χ0v) is 12.6. The fourth-order valence-corrected chi connectivity index (χ4v) is 2.30. The molecule has 2 rings (SSSR count). The monoisotopic (exact) mass is 277 g/mol. The van der Waals surface area contributed by atoms with Crippen LogP contribution in [0.3, 0.4) is 0 Å². The molecule has 3 nitrogen and oxygen atoms in total. The largest absolute Gasteiger partial charge is 0.383 e. The Labute approximate surface area is 119 Å². The van der Waals surface area contributed by atoms with Crippen molar-refractivity contribution in [3.8, 4) is 11.1 Å². The Morgan fingerprint density at radius 3 is 2.63 bits per heavy atom. The SMILES string of the molecule is CCC(C)(C)c1nn(C)c(N)c1-c1cccc(Cl)c1. The first kappa shape index (κ1) is 13.9. The van der Waals surface area contributed by atoms with E-state index >= 15 is 0 Å². The van der Waals surface area contributed by atoms with Gasteiger partial charge >= 0.3 is 0 Å². The topological polar surface area (TPSA) is 43.8 Å². The van der Waals surface area contributed by atoms with Crippen LogP contribution >= 0.6 is 11.6 Å². The summed E-state index contributed by atoms with van der Waals surface area (Å²) in [6.07, 6.45) is 0.997. The van der Waals surface area contributed by atoms with Gasteiger partial charge in [0.05, 0.1) is 5.69 Å². The van der Waals surface area contributed by atoms with Crippen molar-refractivity contribution in [2.24, 2.45) is 7.05 Å². The maximum atomic E-state index is 6.19. The Hall–Kier alpha value is -1.48. The van der Waals surface area contributed by atoms with E-state index in [2.05, 4.69) is 25.9 Å². The van der Waals surface area contributed by atoms with Gasteiger partial charge in [-0.05, 0) is 24.1 Å². The molecule has 0 unspecified atom stereocenters. The molecule has 0 aliphatic rings. The number of nitrogens with zero attached hydrogens (tertiary/aromatic N) is 2. The van der Waals surface area contributed by atoms with Gasteiger partial charge < -0.3 is 5.73 Å². The van der Waals surface area contributed by atoms with Crippen molar-refractivity contribution < 1.29 is 0 Å². The number of nitrogen functional groups attached to an aromatic ring is 1. The van der Waals surface area contributed by atoms with Crippen molar-refractivity contribution in [2.45, 2.75) is 32.6 Å². The number of hydrogen-bond acceptors (Lipinski definition) is 2. The summed E-state index contributed by atoms with van der Waals surface area (Å²) in [7, 11) is 1.87. The van der Waals surface area contributed by atoms with E-state index in [9.17, 15) is 0 Å². The van der Waals surface area contributed by atoms with Crippen LogP contribution < -0.4 is 5.73 Å². The molecule has 4 heteroatoms. The smallest absolute Gasteiger partial charge is 0.129 e. The van der Waals surface area contributed by atoms with E-state index in [1.807, 2.05) is 31.3 Å². The fraction of sp³-hybridized carbons (Fsp3) is 0.400. The molecule has 0 atom stereocenters. The second kappa shape index (κ2) is 4.89. The van der Waals surface area contributed by atoms with Gasteiger partial charge in [-0.15, -0.1) is 0 Å². The number of benzene rings is 1. The normalized spacial score (nSPS) is 11.8. The summed E-state index contributed by atoms with van der Waals surface area (Å²) in [6, 6.07) is 7.76. The molecule has 0 saturated carbocycles. The first-order chi connectivity index (χ1) is 8.86. The maximum Gasteiger partial charge on any atom is 0.129 e. The number of halogens is 1. The fourth-order valence-electron chi connectivity index (χ4n) is 2.11. The average Bonchev–Trinajstić information content (AvgIpc) is 2.67. The molecule has 0 amide bonds. The highest BCUT2D eigenvalue weighted by Crippen LogP contribution is 2.38. The van der Waals surface area contributed by atoms with E-state index in [-0.39, 0.29) is 5.41 Å². The number of nitrogens with two attached hydrogens (primary N) is 1. The number of hydrogen-bond donors (Lipinski definition) is 1. The molecule has 0 aliphatic heterocycles. The van der Waals surface area contributed by atoms with E-state index in [0.717, 1.165) is 23.2 Å². The third-order valence-electron chi connectivity index (χ3n) is 3.73. The molecule has 1 aromatic carbocycles. The molecular formula is C15H20ClN3. The minimum absolute atomic E-state index is 0.0208. The number of anilines is 1. The maximum absolute atomic E-state index is 6.19. The lowest BCUT2D eigenvalue weighted by atomic mass is 9.83. The Kier molecular flexibility index (Phi) is 3.59. The average molecular weight is 278 g/mol. The van der Waals surface area contributed by atoms with Gasteiger partial charge in [0.15, 0.2) is 0 Å². The Morgan fingerprint density at radius 1 is 1.37 bits per heavy atom. The van der Waals surface area contributed by atoms with Crippen LogP contribution in [0.2, 0.25) is 5.02 Å². The minimum atomic E-state index is -0.0208. The molecule has 102 valence electrons. The molecule has 2 aromatic rings. The van der Waals surface area contributed by atoms with Crippen molar-refractivity contribution in [1.82, 2.24) is 9.78 Å². The highest BCUT2D eigenvalue weighted by molar-refractivity contribution is 6.30. The summed E-state index contributed by atoms with van der Waals surface area (Å²) in [5.41, 5.74) is 9.22. The molecule has 0 radical (unpaired) electrons. The number of rotatable bonds is 3. The van der Waals surface area contributed by atoms with Crippen molar-refractivity contribution in [1.29, 1.82) is 0 Å². The van der Waals surface area contributed by atoms with Gasteiger partial charge in [-0.2, -0.15) is 5.10 Å². The van der Waals surface area contributed by atoms with Gasteiger partial charge in [-0.25, -0.2) is 0 Å². The molecule has 19 heavy (non-hydrogen) atoms. The summed E-state index contributed by atoms with van der Waals surface area (Å²) in [5.74, 6) is 0.679. The lowest BCUT2D eigenvalue weighted by Gasteiger charge is -2.22. The van der Waals surface area contributed by atoms with E-state index in [1.165, 1.54) is 0 Å². The quantitative estimate of drug-likeness (QED) is 0.921. The Bertz CT molecular complexity index is 599. The second-order valence-corrected chi connectivity index (χ2v) is 5.92. The van der Waals surface area contributed by atoms with E-state index in [0.29, 0.717) is 10.8 Å². The summed E-state index contributed by atoms with van der Waals surface area (Å²) < 4.78 is 1.74. The zero-order valence-electron chi connectivity index (χ0n) is 11.9. The predicted octanol–water partition coefficient (Wildman–Crippen LogP) is 4.01. The van der Waals surface area contributed by atoms with Gasteiger partial charge in [0.25, 0.3) is 0 Å². The zero-order chi connectivity index (χ0) is 14.2. The van der Waals surface area contributed by atoms with Crippen LogP contribution in [0, 0.1) is 0 Å². The van der Waals surface area contributed by atoms with Crippen LogP contribution in [0.5, 0.6) is 0 Å². The van der Waals surface area contributed by atoms with Gasteiger partial charge in [0.2, 0.25) is 0 Å². The van der Waals surface area contributed by atoms with E-state index < -0.39 is 0 Å². The lowest BCUT2D eigenvalue weighted by Crippen LogP contribution is -2.17. The summed E-state index contributed by atoms with van der Waals surface area (Å²) in [5, 5.41) is 5.32. The molecule has 0 saturated heterocycles. The van der Waals surface area contributed by atoms with Crippen molar-refractivity contribution in [3.05, 3.63) is 35.0 Å². The highest BCUT2D eigenvalue weighted by atomic mass is 35.5. The van der Waals surface area contributed by atoms with Crippen molar-refractivity contribution in [2.75, 3.05) is 5.73 Å². The predicted molar refractivity (Wildman–Crippen MR) is 81.4 cm³/mol. The minimum Gasteiger partial charge on any atom is -0.383 e. The molecule has 1 heterocycles. The van der Waals surface area contributed by atoms with Gasteiger partial charge in [0, 0.05) is 23.0 Å². The van der Waals surface area contributed by atoms with Crippen LogP contribution in [0.25, 0.3) is 11.1 Å². The van der Waals surface area contributed by atoms with Gasteiger partial charge in [-0.1, -0.05) is 44.5 Å². The van der Waals surface area contributed by atoms with E-state index in [4.69, 9.17) is 17.3 Å². The molecule has 0 spiro atoms. The third kappa shape index (κ3) is 2.47. The second-order valence-electron chi connectivity index (χ2n) is 5.48. The van der Waals surface area contributed by atoms with Crippen LogP contribution in [0.15, 0.2) is 24.3 Å². The third-order valence-corrected chi connectivity index (χ3v) is 3.96. The Morgan fingerprint density at radius 2 is 2.05 bits per heavy atom. The first-order valence-electron chi connectivity index (χ1n) is 6.45. The summed E-state index contributed by atoms with van der Waals surface area (Å²) in [6.45, 7) is 6.53. The molecule has 2 N–H and O–H groups in total. The van der Waals surface area contributed by atoms with Gasteiger partial charge in [0.1, 0.15) is 5.82 Å². The van der Waals surface area contributed by atoms with Crippen LogP contribution in [0.1, 0.15) is 32.9 Å². The summed E-state index contributed by atoms with van der Waals surface area (Å²) >= 11 is 6.09. The van der Waals surface area contributed by atoms with Crippen LogP contribution in [0.4, 0.5) is 5.82 Å². The number of aromatic nitrogens is 2. The van der Waals surface area contributed by atoms with E-state index in [1.54, 1.807) is 4.68 Å². The van der Waals surface area contributed by atoms with Crippen molar-refractivity contribution in [3.63, 3.8) is 0 Å². The standard InChI is InChI=1S/C15H20ClN3/c1-5-15(2,3)13-12(14(17)19(4)18-13)10-7-6-8-11(16)9-10/h6-9H,5,17H2,1-4H3. The number of aryl methyl sites for hydroxylation is 1. The molecule has 0 aliphatic carbocycles. The molecule has 0 fully saturated rings. The molecule has 0 bridgehead atoms. The lowest BCUT2D eigenvalue weighted by molar-refractivity contribution is 0.483. The van der Waals surface area contributed by atoms with Crippen LogP contribution in [-0.4, -0.2) is 9.78 Å². The van der Waals surface area contributed by atoms with Crippen molar-refractivity contribution >= 4 is 17.4 Å². The Balaban J connectivity index is 2.69. The molecule has 1 aromatic heterocycles.